The molecule has 0 aliphatic carbocycles. The molecule has 1 amide bonds. The number of carbonyl (C=O) groups excluding carboxylic acids is 1. The smallest absolute Gasteiger partial charge is 0.252 e. The van der Waals surface area contributed by atoms with E-state index < -0.39 is 6.04 Å². The van der Waals surface area contributed by atoms with Crippen LogP contribution in [0.25, 0.3) is 10.4 Å². The summed E-state index contributed by atoms with van der Waals surface area (Å²) in [6, 6.07) is 0.735. The molecular formula is C11H13N5O2. The van der Waals surface area contributed by atoms with Gasteiger partial charge < -0.3 is 9.47 Å². The molecule has 1 aromatic heterocycles. The fourth-order valence-corrected chi connectivity index (χ4v) is 2.11. The van der Waals surface area contributed by atoms with Gasteiger partial charge in [0.25, 0.3) is 5.56 Å². The molecule has 1 aliphatic rings. The number of amides is 1. The molecule has 1 aliphatic heterocycles. The normalized spacial score (nSPS) is 18.9. The number of aromatic nitrogens is 1. The molecule has 94 valence electrons. The van der Waals surface area contributed by atoms with Gasteiger partial charge in [0, 0.05) is 31.3 Å². The van der Waals surface area contributed by atoms with E-state index in [0.717, 1.165) is 5.56 Å². The minimum Gasteiger partial charge on any atom is -0.318 e. The van der Waals surface area contributed by atoms with Crippen LogP contribution < -0.4 is 10.5 Å². The largest absolute Gasteiger partial charge is 0.318 e. The maximum absolute atomic E-state index is 12.0. The third-order valence-corrected chi connectivity index (χ3v) is 3.14. The van der Waals surface area contributed by atoms with Gasteiger partial charge in [-0.2, -0.15) is 0 Å². The van der Waals surface area contributed by atoms with Crippen LogP contribution in [0.4, 0.5) is 5.69 Å². The van der Waals surface area contributed by atoms with Crippen molar-refractivity contribution in [2.75, 3.05) is 11.9 Å². The Bertz CT molecular complexity index is 600. The average molecular weight is 247 g/mol. The Morgan fingerprint density at radius 1 is 1.44 bits per heavy atom. The summed E-state index contributed by atoms with van der Waals surface area (Å²) >= 11 is 0. The summed E-state index contributed by atoms with van der Waals surface area (Å²) in [7, 11) is 3.26. The third-order valence-electron chi connectivity index (χ3n) is 3.14. The monoisotopic (exact) mass is 247 g/mol. The van der Waals surface area contributed by atoms with Crippen molar-refractivity contribution in [3.8, 4) is 0 Å². The van der Waals surface area contributed by atoms with Crippen LogP contribution in [0.1, 0.15) is 12.0 Å². The second kappa shape index (κ2) is 4.54. The molecule has 0 saturated heterocycles. The van der Waals surface area contributed by atoms with Gasteiger partial charge in [-0.1, -0.05) is 5.11 Å². The summed E-state index contributed by atoms with van der Waals surface area (Å²) in [4.78, 5) is 27.7. The maximum atomic E-state index is 12.0. The van der Waals surface area contributed by atoms with Gasteiger partial charge in [0.2, 0.25) is 5.91 Å². The van der Waals surface area contributed by atoms with Crippen LogP contribution in [0.2, 0.25) is 0 Å². The molecule has 1 unspecified atom stereocenters. The molecule has 2 rings (SSSR count). The van der Waals surface area contributed by atoms with Crippen molar-refractivity contribution in [1.29, 1.82) is 0 Å². The second-order valence-corrected chi connectivity index (χ2v) is 4.29. The van der Waals surface area contributed by atoms with E-state index in [-0.39, 0.29) is 11.5 Å². The fourth-order valence-electron chi connectivity index (χ4n) is 2.11. The first-order valence-corrected chi connectivity index (χ1v) is 5.56. The number of hydrogen-bond acceptors (Lipinski definition) is 3. The summed E-state index contributed by atoms with van der Waals surface area (Å²) < 4.78 is 1.48. The van der Waals surface area contributed by atoms with Gasteiger partial charge >= 0.3 is 0 Å². The van der Waals surface area contributed by atoms with Crippen molar-refractivity contribution < 1.29 is 4.79 Å². The molecule has 0 N–H and O–H groups in total. The summed E-state index contributed by atoms with van der Waals surface area (Å²) in [5, 5.41) is 3.51. The molecule has 1 aromatic rings. The molecular weight excluding hydrogens is 234 g/mol. The zero-order valence-electron chi connectivity index (χ0n) is 10.2. The molecule has 0 radical (unpaired) electrons. The van der Waals surface area contributed by atoms with Crippen molar-refractivity contribution in [2.24, 2.45) is 12.2 Å². The SMILES string of the molecule is CN1C(=O)C(N=[N+]=[N-])CCc2cn(C)c(=O)cc21. The Morgan fingerprint density at radius 2 is 2.17 bits per heavy atom. The molecule has 2 heterocycles. The molecule has 7 nitrogen and oxygen atoms in total. The Labute approximate surface area is 103 Å². The fraction of sp³-hybridized carbons (Fsp3) is 0.455. The van der Waals surface area contributed by atoms with Crippen molar-refractivity contribution >= 4 is 11.6 Å². The highest BCUT2D eigenvalue weighted by Crippen LogP contribution is 2.25. The van der Waals surface area contributed by atoms with E-state index in [1.165, 1.54) is 15.5 Å². The first-order chi connectivity index (χ1) is 8.54. The zero-order chi connectivity index (χ0) is 13.3. The average Bonchev–Trinajstić information content (AvgIpc) is 2.45. The number of fused-ring (bicyclic) bond motifs is 1. The number of likely N-dealkylation sites (N-methyl/N-ethyl adjacent to an activating group) is 1. The lowest BCUT2D eigenvalue weighted by atomic mass is 10.1. The van der Waals surface area contributed by atoms with Crippen molar-refractivity contribution in [3.05, 3.63) is 38.6 Å². The molecule has 0 bridgehead atoms. The Morgan fingerprint density at radius 3 is 2.83 bits per heavy atom. The van der Waals surface area contributed by atoms with E-state index in [0.29, 0.717) is 18.5 Å². The predicted molar refractivity (Wildman–Crippen MR) is 66.3 cm³/mol. The number of azide groups is 1. The molecule has 18 heavy (non-hydrogen) atoms. The van der Waals surface area contributed by atoms with Gasteiger partial charge in [-0.3, -0.25) is 9.59 Å². The molecule has 7 heteroatoms. The Balaban J connectivity index is 2.52. The van der Waals surface area contributed by atoms with Crippen LogP contribution >= 0.6 is 0 Å². The standard InChI is InChI=1S/C11H13N5O2/c1-15-6-7-3-4-8(13-14-12)11(18)16(2)9(7)5-10(15)17/h5-6,8H,3-4H2,1-2H3. The van der Waals surface area contributed by atoms with Gasteiger partial charge in [-0.05, 0) is 23.9 Å². The number of rotatable bonds is 1. The third kappa shape index (κ3) is 1.96. The number of aryl methyl sites for hydroxylation is 2. The lowest BCUT2D eigenvalue weighted by molar-refractivity contribution is -0.119. The molecule has 0 saturated carbocycles. The highest BCUT2D eigenvalue weighted by molar-refractivity contribution is 5.98. The minimum atomic E-state index is -0.701. The van der Waals surface area contributed by atoms with Gasteiger partial charge in [-0.15, -0.1) is 0 Å². The van der Waals surface area contributed by atoms with Crippen LogP contribution in [-0.2, 0) is 18.3 Å². The maximum Gasteiger partial charge on any atom is 0.252 e. The highest BCUT2D eigenvalue weighted by Gasteiger charge is 2.27. The predicted octanol–water partition coefficient (Wildman–Crippen LogP) is 0.973. The Hall–Kier alpha value is -2.27. The summed E-state index contributed by atoms with van der Waals surface area (Å²) in [6.45, 7) is 0. The molecule has 1 atom stereocenters. The molecule has 0 fully saturated rings. The summed E-state index contributed by atoms with van der Waals surface area (Å²) in [5.41, 5.74) is 9.78. The minimum absolute atomic E-state index is 0.171. The first kappa shape index (κ1) is 12.2. The number of nitrogens with zero attached hydrogens (tertiary/aromatic N) is 5. The summed E-state index contributed by atoms with van der Waals surface area (Å²) in [6.07, 6.45) is 2.78. The van der Waals surface area contributed by atoms with Crippen LogP contribution in [0, 0.1) is 0 Å². The van der Waals surface area contributed by atoms with Crippen LogP contribution in [-0.4, -0.2) is 23.6 Å². The zero-order valence-corrected chi connectivity index (χ0v) is 10.2. The summed E-state index contributed by atoms with van der Waals surface area (Å²) in [5.74, 6) is -0.278. The van der Waals surface area contributed by atoms with E-state index in [4.69, 9.17) is 5.53 Å². The number of pyridine rings is 1. The van der Waals surface area contributed by atoms with Gasteiger partial charge in [0.1, 0.15) is 6.04 Å². The van der Waals surface area contributed by atoms with Crippen LogP contribution in [0.15, 0.2) is 22.2 Å². The van der Waals surface area contributed by atoms with Gasteiger partial charge in [-0.25, -0.2) is 0 Å². The van der Waals surface area contributed by atoms with E-state index in [9.17, 15) is 9.59 Å². The van der Waals surface area contributed by atoms with Crippen molar-refractivity contribution in [3.63, 3.8) is 0 Å². The highest BCUT2D eigenvalue weighted by atomic mass is 16.2. The number of hydrogen-bond donors (Lipinski definition) is 0. The topological polar surface area (TPSA) is 91.1 Å². The number of anilines is 1. The van der Waals surface area contributed by atoms with E-state index in [1.54, 1.807) is 20.3 Å². The quantitative estimate of drug-likeness (QED) is 0.420. The Kier molecular flexibility index (Phi) is 3.08. The lowest BCUT2D eigenvalue weighted by Crippen LogP contribution is -2.34. The van der Waals surface area contributed by atoms with Crippen LogP contribution in [0.5, 0.6) is 0 Å². The van der Waals surface area contributed by atoms with E-state index >= 15 is 0 Å². The van der Waals surface area contributed by atoms with Crippen LogP contribution in [0.3, 0.4) is 0 Å². The lowest BCUT2D eigenvalue weighted by Gasteiger charge is -2.19. The number of carbonyl (C=O) groups is 1. The first-order valence-electron chi connectivity index (χ1n) is 5.56. The van der Waals surface area contributed by atoms with Crippen molar-refractivity contribution in [2.45, 2.75) is 18.9 Å². The van der Waals surface area contributed by atoms with E-state index in [2.05, 4.69) is 10.0 Å². The van der Waals surface area contributed by atoms with E-state index in [1.807, 2.05) is 0 Å². The van der Waals surface area contributed by atoms with Gasteiger partial charge in [0.15, 0.2) is 0 Å². The molecule has 0 aromatic carbocycles. The van der Waals surface area contributed by atoms with Gasteiger partial charge in [0.05, 0.1) is 5.69 Å². The van der Waals surface area contributed by atoms with Crippen molar-refractivity contribution in [1.82, 2.24) is 4.57 Å². The molecule has 0 spiro atoms. The second-order valence-electron chi connectivity index (χ2n) is 4.29.